The molecule has 1 heterocycles. The summed E-state index contributed by atoms with van der Waals surface area (Å²) in [6.07, 6.45) is 0.904. The molecule has 0 saturated heterocycles. The van der Waals surface area contributed by atoms with Crippen molar-refractivity contribution in [1.29, 1.82) is 0 Å². The fourth-order valence-electron chi connectivity index (χ4n) is 1.07. The summed E-state index contributed by atoms with van der Waals surface area (Å²) in [5, 5.41) is 14.1. The molecule has 0 saturated carbocycles. The lowest BCUT2D eigenvalue weighted by molar-refractivity contribution is 0.296. The first-order valence-electron chi connectivity index (χ1n) is 4.96. The van der Waals surface area contributed by atoms with Crippen LogP contribution in [0.2, 0.25) is 0 Å². The number of rotatable bonds is 8. The SMILES string of the molecule is OCCCSCCNCc1sccc1Br. The molecular formula is C10H16BrNOS2. The van der Waals surface area contributed by atoms with Gasteiger partial charge in [-0.25, -0.2) is 0 Å². The minimum absolute atomic E-state index is 0.308. The van der Waals surface area contributed by atoms with Crippen molar-refractivity contribution in [2.24, 2.45) is 0 Å². The predicted octanol–water partition coefficient (Wildman–Crippen LogP) is 2.72. The van der Waals surface area contributed by atoms with Gasteiger partial charge in [-0.1, -0.05) is 0 Å². The van der Waals surface area contributed by atoms with Crippen molar-refractivity contribution < 1.29 is 5.11 Å². The maximum atomic E-state index is 8.59. The Hall–Kier alpha value is 0.450. The van der Waals surface area contributed by atoms with E-state index in [2.05, 4.69) is 32.7 Å². The standard InChI is InChI=1S/C10H16BrNOS2/c11-9-2-6-15-10(9)8-12-3-7-14-5-1-4-13/h2,6,12-13H,1,3-5,7-8H2. The maximum Gasteiger partial charge on any atom is 0.0438 e. The fraction of sp³-hybridized carbons (Fsp3) is 0.600. The Bertz CT molecular complexity index is 268. The maximum absolute atomic E-state index is 8.59. The summed E-state index contributed by atoms with van der Waals surface area (Å²) in [6.45, 7) is 2.28. The van der Waals surface area contributed by atoms with Crippen molar-refractivity contribution in [3.05, 3.63) is 20.8 Å². The molecule has 1 aromatic heterocycles. The summed E-state index contributed by atoms with van der Waals surface area (Å²) in [5.41, 5.74) is 0. The third-order valence-corrected chi connectivity index (χ3v) is 4.84. The van der Waals surface area contributed by atoms with Crippen LogP contribution in [-0.2, 0) is 6.54 Å². The second-order valence-corrected chi connectivity index (χ2v) is 6.14. The summed E-state index contributed by atoms with van der Waals surface area (Å²) >= 11 is 7.17. The van der Waals surface area contributed by atoms with Crippen molar-refractivity contribution in [1.82, 2.24) is 5.32 Å². The van der Waals surface area contributed by atoms with Crippen molar-refractivity contribution in [3.8, 4) is 0 Å². The Morgan fingerprint density at radius 2 is 2.33 bits per heavy atom. The zero-order valence-corrected chi connectivity index (χ0v) is 11.8. The second kappa shape index (κ2) is 8.58. The van der Waals surface area contributed by atoms with E-state index in [0.717, 1.165) is 31.0 Å². The lowest BCUT2D eigenvalue weighted by Crippen LogP contribution is -2.16. The van der Waals surface area contributed by atoms with Crippen LogP contribution in [0.1, 0.15) is 11.3 Å². The largest absolute Gasteiger partial charge is 0.396 e. The van der Waals surface area contributed by atoms with Gasteiger partial charge in [0.05, 0.1) is 0 Å². The molecule has 5 heteroatoms. The van der Waals surface area contributed by atoms with Gasteiger partial charge in [-0.15, -0.1) is 11.3 Å². The molecule has 0 fully saturated rings. The van der Waals surface area contributed by atoms with Crippen LogP contribution < -0.4 is 5.32 Å². The smallest absolute Gasteiger partial charge is 0.0438 e. The molecule has 2 N–H and O–H groups in total. The predicted molar refractivity (Wildman–Crippen MR) is 72.8 cm³/mol. The molecule has 0 aliphatic rings. The summed E-state index contributed by atoms with van der Waals surface area (Å²) in [4.78, 5) is 1.36. The normalized spacial score (nSPS) is 10.8. The van der Waals surface area contributed by atoms with Crippen molar-refractivity contribution >= 4 is 39.0 Å². The van der Waals surface area contributed by atoms with E-state index in [1.54, 1.807) is 11.3 Å². The minimum Gasteiger partial charge on any atom is -0.396 e. The van der Waals surface area contributed by atoms with E-state index < -0.39 is 0 Å². The van der Waals surface area contributed by atoms with Crippen LogP contribution in [0.15, 0.2) is 15.9 Å². The molecule has 2 nitrogen and oxygen atoms in total. The van der Waals surface area contributed by atoms with E-state index in [-0.39, 0.29) is 0 Å². The highest BCUT2D eigenvalue weighted by Gasteiger charge is 1.99. The van der Waals surface area contributed by atoms with E-state index in [1.165, 1.54) is 9.35 Å². The molecule has 1 aromatic rings. The Morgan fingerprint density at radius 1 is 1.47 bits per heavy atom. The van der Waals surface area contributed by atoms with Crippen LogP contribution in [0, 0.1) is 0 Å². The van der Waals surface area contributed by atoms with Crippen molar-refractivity contribution in [3.63, 3.8) is 0 Å². The van der Waals surface area contributed by atoms with E-state index in [9.17, 15) is 0 Å². The van der Waals surface area contributed by atoms with Gasteiger partial charge >= 0.3 is 0 Å². The molecule has 0 aliphatic carbocycles. The molecule has 0 aromatic carbocycles. The van der Waals surface area contributed by atoms with Crippen molar-refractivity contribution in [2.45, 2.75) is 13.0 Å². The van der Waals surface area contributed by atoms with Gasteiger partial charge in [-0.3, -0.25) is 0 Å². The van der Waals surface area contributed by atoms with Gasteiger partial charge in [0.1, 0.15) is 0 Å². The number of aliphatic hydroxyl groups excluding tert-OH is 1. The Balaban J connectivity index is 1.96. The van der Waals surface area contributed by atoms with E-state index in [1.807, 2.05) is 11.8 Å². The van der Waals surface area contributed by atoms with Gasteiger partial charge in [-0.05, 0) is 39.6 Å². The highest BCUT2D eigenvalue weighted by molar-refractivity contribution is 9.10. The number of hydrogen-bond acceptors (Lipinski definition) is 4. The number of halogens is 1. The minimum atomic E-state index is 0.308. The summed E-state index contributed by atoms with van der Waals surface area (Å²) in [5.74, 6) is 2.17. The lowest BCUT2D eigenvalue weighted by Gasteiger charge is -2.03. The highest BCUT2D eigenvalue weighted by atomic mass is 79.9. The zero-order chi connectivity index (χ0) is 10.9. The summed E-state index contributed by atoms with van der Waals surface area (Å²) in [7, 11) is 0. The first-order valence-corrected chi connectivity index (χ1v) is 7.78. The van der Waals surface area contributed by atoms with Crippen molar-refractivity contribution in [2.75, 3.05) is 24.7 Å². The number of nitrogens with one attached hydrogen (secondary N) is 1. The molecule has 0 atom stereocenters. The van der Waals surface area contributed by atoms with Gasteiger partial charge in [0, 0.05) is 34.8 Å². The third kappa shape index (κ3) is 5.92. The van der Waals surface area contributed by atoms with Crippen LogP contribution in [-0.4, -0.2) is 29.8 Å². The first kappa shape index (κ1) is 13.5. The monoisotopic (exact) mass is 309 g/mol. The molecule has 15 heavy (non-hydrogen) atoms. The number of aliphatic hydroxyl groups is 1. The Labute approximate surface area is 108 Å². The van der Waals surface area contributed by atoms with Gasteiger partial charge in [0.15, 0.2) is 0 Å². The van der Waals surface area contributed by atoms with Crippen LogP contribution in [0.4, 0.5) is 0 Å². The number of thiophene rings is 1. The molecule has 0 aliphatic heterocycles. The van der Waals surface area contributed by atoms with Crippen LogP contribution >= 0.6 is 39.0 Å². The molecule has 86 valence electrons. The molecular weight excluding hydrogens is 294 g/mol. The van der Waals surface area contributed by atoms with E-state index in [4.69, 9.17) is 5.11 Å². The molecule has 0 spiro atoms. The van der Waals surface area contributed by atoms with E-state index >= 15 is 0 Å². The molecule has 1 rings (SSSR count). The Kier molecular flexibility index (Phi) is 7.73. The number of thioether (sulfide) groups is 1. The Morgan fingerprint density at radius 3 is 3.00 bits per heavy atom. The summed E-state index contributed by atoms with van der Waals surface area (Å²) in [6, 6.07) is 2.08. The van der Waals surface area contributed by atoms with E-state index in [0.29, 0.717) is 6.61 Å². The molecule has 0 amide bonds. The van der Waals surface area contributed by atoms with Crippen LogP contribution in [0.25, 0.3) is 0 Å². The van der Waals surface area contributed by atoms with Gasteiger partial charge in [-0.2, -0.15) is 11.8 Å². The third-order valence-electron chi connectivity index (χ3n) is 1.85. The quantitative estimate of drug-likeness (QED) is 0.724. The van der Waals surface area contributed by atoms with Crippen LogP contribution in [0.5, 0.6) is 0 Å². The summed E-state index contributed by atoms with van der Waals surface area (Å²) < 4.78 is 1.20. The average molecular weight is 310 g/mol. The number of hydrogen-bond donors (Lipinski definition) is 2. The van der Waals surface area contributed by atoms with Gasteiger partial charge in [0.25, 0.3) is 0 Å². The van der Waals surface area contributed by atoms with Crippen LogP contribution in [0.3, 0.4) is 0 Å². The topological polar surface area (TPSA) is 32.3 Å². The zero-order valence-electron chi connectivity index (χ0n) is 8.54. The van der Waals surface area contributed by atoms with Gasteiger partial charge < -0.3 is 10.4 Å². The molecule has 0 radical (unpaired) electrons. The van der Waals surface area contributed by atoms with Gasteiger partial charge in [0.2, 0.25) is 0 Å². The molecule has 0 unspecified atom stereocenters. The fourth-order valence-corrected chi connectivity index (χ4v) is 3.35. The first-order chi connectivity index (χ1) is 7.34. The lowest BCUT2D eigenvalue weighted by atomic mass is 10.4. The second-order valence-electron chi connectivity index (χ2n) is 3.06. The molecule has 0 bridgehead atoms. The average Bonchev–Trinajstić information content (AvgIpc) is 2.63. The highest BCUT2D eigenvalue weighted by Crippen LogP contribution is 2.21.